The lowest BCUT2D eigenvalue weighted by Gasteiger charge is -1.99. The topological polar surface area (TPSA) is 0 Å². The van der Waals surface area contributed by atoms with Gasteiger partial charge in [0.25, 0.3) is 0 Å². The normalized spacial score (nSPS) is 17.1. The van der Waals surface area contributed by atoms with Gasteiger partial charge in [0.05, 0.1) is 0 Å². The van der Waals surface area contributed by atoms with Crippen LogP contribution in [-0.2, 0) is 6.42 Å². The van der Waals surface area contributed by atoms with Gasteiger partial charge in [0, 0.05) is 9.58 Å². The summed E-state index contributed by atoms with van der Waals surface area (Å²) in [6.07, 6.45) is 11.2. The van der Waals surface area contributed by atoms with Gasteiger partial charge in [-0.1, -0.05) is 36.4 Å². The Morgan fingerprint density at radius 3 is 2.93 bits per heavy atom. The highest BCUT2D eigenvalue weighted by Crippen LogP contribution is 2.33. The third kappa shape index (κ3) is 1.53. The summed E-state index contributed by atoms with van der Waals surface area (Å²) in [5.41, 5.74) is 1.49. The summed E-state index contributed by atoms with van der Waals surface area (Å²) in [5, 5.41) is 1.42. The molecule has 0 atom stereocenters. The molecular weight excluding hydrogens is 200 g/mol. The van der Waals surface area contributed by atoms with Crippen LogP contribution in [0.5, 0.6) is 0 Å². The van der Waals surface area contributed by atoms with Crippen LogP contribution >= 0.6 is 11.3 Å². The van der Waals surface area contributed by atoms with Crippen LogP contribution in [0.3, 0.4) is 0 Å². The summed E-state index contributed by atoms with van der Waals surface area (Å²) in [7, 11) is 0. The van der Waals surface area contributed by atoms with E-state index in [0.717, 1.165) is 12.8 Å². The molecule has 0 radical (unpaired) electrons. The number of allylic oxidation sites excluding steroid dienone is 3. The summed E-state index contributed by atoms with van der Waals surface area (Å²) in [5.74, 6) is 0. The van der Waals surface area contributed by atoms with E-state index in [0.29, 0.717) is 0 Å². The summed E-state index contributed by atoms with van der Waals surface area (Å²) < 4.78 is 1.41. The van der Waals surface area contributed by atoms with Gasteiger partial charge in [0.15, 0.2) is 0 Å². The number of fused-ring (bicyclic) bond motifs is 3. The number of thiophene rings is 1. The zero-order valence-corrected chi connectivity index (χ0v) is 9.26. The Hall–Kier alpha value is -1.34. The largest absolute Gasteiger partial charge is 0.136 e. The zero-order valence-electron chi connectivity index (χ0n) is 8.44. The third-order valence-corrected chi connectivity index (χ3v) is 3.94. The minimum Gasteiger partial charge on any atom is -0.136 e. The molecular formula is C14H12S. The first-order valence-electron chi connectivity index (χ1n) is 5.27. The number of benzene rings is 1. The Balaban J connectivity index is 2.30. The Labute approximate surface area is 93.6 Å². The van der Waals surface area contributed by atoms with Crippen molar-refractivity contribution in [3.05, 3.63) is 52.9 Å². The van der Waals surface area contributed by atoms with Crippen molar-refractivity contribution in [3.8, 4) is 0 Å². The molecule has 15 heavy (non-hydrogen) atoms. The predicted octanol–water partition coefficient (Wildman–Crippen LogP) is 4.42. The fraction of sp³-hybridized carbons (Fsp3) is 0.143. The minimum absolute atomic E-state index is 1.06. The van der Waals surface area contributed by atoms with Crippen molar-refractivity contribution in [3.63, 3.8) is 0 Å². The first kappa shape index (κ1) is 8.93. The van der Waals surface area contributed by atoms with E-state index in [4.69, 9.17) is 0 Å². The molecule has 0 spiro atoms. The van der Waals surface area contributed by atoms with Crippen LogP contribution in [0.25, 0.3) is 16.2 Å². The maximum atomic E-state index is 2.28. The molecule has 1 aliphatic carbocycles. The second-order valence-electron chi connectivity index (χ2n) is 3.75. The summed E-state index contributed by atoms with van der Waals surface area (Å²) in [6.45, 7) is 0. The molecule has 1 aromatic heterocycles. The van der Waals surface area contributed by atoms with E-state index in [9.17, 15) is 0 Å². The van der Waals surface area contributed by atoms with E-state index >= 15 is 0 Å². The molecule has 0 saturated carbocycles. The van der Waals surface area contributed by atoms with E-state index in [-0.39, 0.29) is 0 Å². The highest BCUT2D eigenvalue weighted by Gasteiger charge is 2.08. The molecule has 1 aromatic carbocycles. The van der Waals surface area contributed by atoms with Crippen LogP contribution in [0.15, 0.2) is 42.5 Å². The Morgan fingerprint density at radius 1 is 1.00 bits per heavy atom. The molecule has 0 bridgehead atoms. The average molecular weight is 212 g/mol. The molecule has 1 aliphatic rings. The molecule has 74 valence electrons. The molecule has 2 aromatic rings. The van der Waals surface area contributed by atoms with Crippen LogP contribution in [0.2, 0.25) is 0 Å². The second kappa shape index (κ2) is 3.67. The Bertz CT molecular complexity index is 543. The van der Waals surface area contributed by atoms with Gasteiger partial charge in [-0.25, -0.2) is 0 Å². The minimum atomic E-state index is 1.06. The second-order valence-corrected chi connectivity index (χ2v) is 4.84. The Morgan fingerprint density at radius 2 is 1.93 bits per heavy atom. The standard InChI is InChI=1S/C14H12S/c1-2-4-9-13-11(7-3-1)12-8-5-6-10-14(12)15-13/h1,3-6,8-10H,2,7H2/b3-1?,9-4-. The molecule has 0 amide bonds. The predicted molar refractivity (Wildman–Crippen MR) is 68.3 cm³/mol. The molecule has 1 heteroatoms. The fourth-order valence-electron chi connectivity index (χ4n) is 2.01. The van der Waals surface area contributed by atoms with Crippen LogP contribution in [-0.4, -0.2) is 0 Å². The van der Waals surface area contributed by atoms with Crippen molar-refractivity contribution in [1.82, 2.24) is 0 Å². The lowest BCUT2D eigenvalue weighted by molar-refractivity contribution is 1.25. The zero-order chi connectivity index (χ0) is 10.1. The molecule has 0 saturated heterocycles. The van der Waals surface area contributed by atoms with Crippen molar-refractivity contribution in [1.29, 1.82) is 0 Å². The van der Waals surface area contributed by atoms with Gasteiger partial charge >= 0.3 is 0 Å². The van der Waals surface area contributed by atoms with Crippen molar-refractivity contribution >= 4 is 27.5 Å². The summed E-state index contributed by atoms with van der Waals surface area (Å²) in [6, 6.07) is 8.68. The molecule has 1 heterocycles. The maximum absolute atomic E-state index is 2.28. The maximum Gasteiger partial charge on any atom is 0.0352 e. The van der Waals surface area contributed by atoms with Gasteiger partial charge in [-0.05, 0) is 35.9 Å². The fourth-order valence-corrected chi connectivity index (χ4v) is 3.18. The van der Waals surface area contributed by atoms with Crippen LogP contribution < -0.4 is 0 Å². The van der Waals surface area contributed by atoms with Crippen LogP contribution in [0, 0.1) is 0 Å². The average Bonchev–Trinajstić information content (AvgIpc) is 2.55. The van der Waals surface area contributed by atoms with Gasteiger partial charge in [-0.15, -0.1) is 11.3 Å². The van der Waals surface area contributed by atoms with Gasteiger partial charge in [-0.2, -0.15) is 0 Å². The monoisotopic (exact) mass is 212 g/mol. The molecule has 0 unspecified atom stereocenters. The number of hydrogen-bond donors (Lipinski definition) is 0. The molecule has 3 rings (SSSR count). The van der Waals surface area contributed by atoms with E-state index in [1.807, 2.05) is 11.3 Å². The number of hydrogen-bond acceptors (Lipinski definition) is 1. The molecule has 0 N–H and O–H groups in total. The van der Waals surface area contributed by atoms with E-state index < -0.39 is 0 Å². The lowest BCUT2D eigenvalue weighted by atomic mass is 10.1. The third-order valence-electron chi connectivity index (χ3n) is 2.76. The quantitative estimate of drug-likeness (QED) is 0.567. The summed E-state index contributed by atoms with van der Waals surface area (Å²) >= 11 is 1.90. The SMILES string of the molecule is C1=CCc2c(sc3ccccc23)/C=C\C1. The van der Waals surface area contributed by atoms with Gasteiger partial charge in [0.1, 0.15) is 0 Å². The molecule has 0 fully saturated rings. The van der Waals surface area contributed by atoms with Crippen molar-refractivity contribution in [2.75, 3.05) is 0 Å². The first-order chi connectivity index (χ1) is 7.45. The van der Waals surface area contributed by atoms with Gasteiger partial charge < -0.3 is 0 Å². The summed E-state index contributed by atoms with van der Waals surface area (Å²) in [4.78, 5) is 1.43. The highest BCUT2D eigenvalue weighted by atomic mass is 32.1. The highest BCUT2D eigenvalue weighted by molar-refractivity contribution is 7.20. The first-order valence-corrected chi connectivity index (χ1v) is 6.09. The molecule has 0 nitrogen and oxygen atoms in total. The van der Waals surface area contributed by atoms with E-state index in [2.05, 4.69) is 48.6 Å². The van der Waals surface area contributed by atoms with Gasteiger partial charge in [-0.3, -0.25) is 0 Å². The smallest absolute Gasteiger partial charge is 0.0352 e. The molecule has 0 aliphatic heterocycles. The van der Waals surface area contributed by atoms with E-state index in [1.165, 1.54) is 20.5 Å². The van der Waals surface area contributed by atoms with Crippen LogP contribution in [0.4, 0.5) is 0 Å². The van der Waals surface area contributed by atoms with Crippen molar-refractivity contribution in [2.45, 2.75) is 12.8 Å². The lowest BCUT2D eigenvalue weighted by Crippen LogP contribution is -1.83. The van der Waals surface area contributed by atoms with Gasteiger partial charge in [0.2, 0.25) is 0 Å². The number of rotatable bonds is 0. The van der Waals surface area contributed by atoms with Crippen LogP contribution in [0.1, 0.15) is 16.9 Å². The van der Waals surface area contributed by atoms with E-state index in [1.54, 1.807) is 0 Å². The Kier molecular flexibility index (Phi) is 2.18. The van der Waals surface area contributed by atoms with Crippen molar-refractivity contribution < 1.29 is 0 Å². The van der Waals surface area contributed by atoms with Crippen molar-refractivity contribution in [2.24, 2.45) is 0 Å².